The van der Waals surface area contributed by atoms with Gasteiger partial charge in [-0.2, -0.15) is 10.2 Å². The lowest BCUT2D eigenvalue weighted by Gasteiger charge is -2.16. The minimum atomic E-state index is -1.28. The Morgan fingerprint density at radius 2 is 1.42 bits per heavy atom. The van der Waals surface area contributed by atoms with Crippen molar-refractivity contribution in [3.63, 3.8) is 0 Å². The van der Waals surface area contributed by atoms with Crippen LogP contribution in [-0.2, 0) is 0 Å². The van der Waals surface area contributed by atoms with Crippen LogP contribution in [0.4, 0.5) is 11.4 Å². The zero-order valence-corrected chi connectivity index (χ0v) is 13.0. The highest BCUT2D eigenvalue weighted by molar-refractivity contribution is 6.88. The van der Waals surface area contributed by atoms with Crippen LogP contribution < -0.4 is 5.19 Å². The highest BCUT2D eigenvalue weighted by atomic mass is 28.3. The van der Waals surface area contributed by atoms with E-state index in [4.69, 9.17) is 0 Å². The third-order valence-electron chi connectivity index (χ3n) is 3.03. The monoisotopic (exact) mass is 268 g/mol. The van der Waals surface area contributed by atoms with Crippen LogP contribution >= 0.6 is 0 Å². The molecule has 0 bridgehead atoms. The van der Waals surface area contributed by atoms with Crippen LogP contribution in [0.15, 0.2) is 58.8 Å². The smallest absolute Gasteiger partial charge is 0.0857 e. The molecule has 0 aliphatic rings. The van der Waals surface area contributed by atoms with Crippen molar-refractivity contribution < 1.29 is 0 Å². The fourth-order valence-electron chi connectivity index (χ4n) is 1.76. The molecule has 0 amide bonds. The summed E-state index contributed by atoms with van der Waals surface area (Å²) in [5.74, 6) is 0. The third kappa shape index (κ3) is 3.86. The second-order valence-electron chi connectivity index (χ2n) is 5.84. The van der Waals surface area contributed by atoms with E-state index in [1.54, 1.807) is 0 Å². The van der Waals surface area contributed by atoms with E-state index in [1.165, 1.54) is 10.8 Å². The summed E-state index contributed by atoms with van der Waals surface area (Å²) in [6.07, 6.45) is 0. The lowest BCUT2D eigenvalue weighted by Crippen LogP contribution is -2.37. The van der Waals surface area contributed by atoms with Gasteiger partial charge in [-0.25, -0.2) is 0 Å². The van der Waals surface area contributed by atoms with Crippen LogP contribution in [0.3, 0.4) is 0 Å². The first-order valence-electron chi connectivity index (χ1n) is 6.54. The quantitative estimate of drug-likeness (QED) is 0.555. The van der Waals surface area contributed by atoms with E-state index in [9.17, 15) is 0 Å². The molecule has 2 nitrogen and oxygen atoms in total. The van der Waals surface area contributed by atoms with Gasteiger partial charge in [0.1, 0.15) is 0 Å². The summed E-state index contributed by atoms with van der Waals surface area (Å²) in [5.41, 5.74) is 3.06. The van der Waals surface area contributed by atoms with Crippen molar-refractivity contribution in [1.29, 1.82) is 0 Å². The first kappa shape index (κ1) is 13.7. The van der Waals surface area contributed by atoms with Crippen LogP contribution in [0.2, 0.25) is 19.6 Å². The average Bonchev–Trinajstić information content (AvgIpc) is 2.37. The maximum Gasteiger partial charge on any atom is 0.0857 e. The summed E-state index contributed by atoms with van der Waals surface area (Å²) in [6, 6.07) is 16.5. The van der Waals surface area contributed by atoms with E-state index in [0.29, 0.717) is 0 Å². The Balaban J connectivity index is 2.21. The highest BCUT2D eigenvalue weighted by Gasteiger charge is 2.16. The van der Waals surface area contributed by atoms with Crippen molar-refractivity contribution in [3.8, 4) is 0 Å². The molecule has 2 rings (SSSR count). The van der Waals surface area contributed by atoms with Crippen molar-refractivity contribution in [2.45, 2.75) is 26.6 Å². The standard InChI is InChI=1S/C16H20N2Si/c1-13-8-10-14(11-9-13)17-18-15-6-5-7-16(12-15)19(2,3)4/h5-12H,1-4H3. The first-order chi connectivity index (χ1) is 8.95. The van der Waals surface area contributed by atoms with Crippen LogP contribution in [0.5, 0.6) is 0 Å². The number of rotatable bonds is 3. The summed E-state index contributed by atoms with van der Waals surface area (Å²) in [7, 11) is -1.28. The van der Waals surface area contributed by atoms with E-state index < -0.39 is 8.07 Å². The molecule has 2 aromatic rings. The van der Waals surface area contributed by atoms with Gasteiger partial charge in [0.2, 0.25) is 0 Å². The van der Waals surface area contributed by atoms with Gasteiger partial charge in [0.25, 0.3) is 0 Å². The van der Waals surface area contributed by atoms with Gasteiger partial charge in [-0.3, -0.25) is 0 Å². The van der Waals surface area contributed by atoms with E-state index in [2.05, 4.69) is 55.0 Å². The van der Waals surface area contributed by atoms with E-state index in [0.717, 1.165) is 11.4 Å². The van der Waals surface area contributed by atoms with Gasteiger partial charge >= 0.3 is 0 Å². The molecule has 0 atom stereocenters. The third-order valence-corrected chi connectivity index (χ3v) is 5.07. The molecule has 0 aromatic heterocycles. The van der Waals surface area contributed by atoms with Crippen LogP contribution in [0.1, 0.15) is 5.56 Å². The van der Waals surface area contributed by atoms with E-state index in [-0.39, 0.29) is 0 Å². The molecule has 2 aromatic carbocycles. The van der Waals surface area contributed by atoms with Crippen LogP contribution in [0.25, 0.3) is 0 Å². The minimum Gasteiger partial charge on any atom is -0.151 e. The second kappa shape index (κ2) is 5.49. The molecule has 0 N–H and O–H groups in total. The molecule has 0 aliphatic heterocycles. The van der Waals surface area contributed by atoms with Crippen molar-refractivity contribution in [2.75, 3.05) is 0 Å². The summed E-state index contributed by atoms with van der Waals surface area (Å²) >= 11 is 0. The van der Waals surface area contributed by atoms with Gasteiger partial charge in [0.15, 0.2) is 0 Å². The highest BCUT2D eigenvalue weighted by Crippen LogP contribution is 2.18. The van der Waals surface area contributed by atoms with E-state index in [1.807, 2.05) is 30.3 Å². The largest absolute Gasteiger partial charge is 0.151 e. The Hall–Kier alpha value is -1.74. The Labute approximate surface area is 116 Å². The number of hydrogen-bond donors (Lipinski definition) is 0. The summed E-state index contributed by atoms with van der Waals surface area (Å²) in [5, 5.41) is 10.0. The topological polar surface area (TPSA) is 24.7 Å². The summed E-state index contributed by atoms with van der Waals surface area (Å²) in [4.78, 5) is 0. The Morgan fingerprint density at radius 1 is 0.789 bits per heavy atom. The molecule has 0 heterocycles. The Morgan fingerprint density at radius 3 is 2.05 bits per heavy atom. The zero-order chi connectivity index (χ0) is 13.9. The molecular formula is C16H20N2Si. The Bertz CT molecular complexity index is 580. The van der Waals surface area contributed by atoms with Gasteiger partial charge in [-0.1, -0.05) is 54.7 Å². The molecule has 0 aliphatic carbocycles. The molecule has 0 radical (unpaired) electrons. The molecule has 19 heavy (non-hydrogen) atoms. The van der Waals surface area contributed by atoms with Crippen molar-refractivity contribution in [3.05, 3.63) is 54.1 Å². The van der Waals surface area contributed by atoms with E-state index >= 15 is 0 Å². The van der Waals surface area contributed by atoms with Gasteiger partial charge in [0.05, 0.1) is 19.4 Å². The molecule has 3 heteroatoms. The predicted molar refractivity (Wildman–Crippen MR) is 84.8 cm³/mol. The lowest BCUT2D eigenvalue weighted by molar-refractivity contribution is 1.23. The number of hydrogen-bond acceptors (Lipinski definition) is 2. The number of aryl methyl sites for hydroxylation is 1. The van der Waals surface area contributed by atoms with Gasteiger partial charge in [0, 0.05) is 0 Å². The number of nitrogens with zero attached hydrogens (tertiary/aromatic N) is 2. The SMILES string of the molecule is Cc1ccc(N=Nc2cccc([Si](C)(C)C)c2)cc1. The fourth-order valence-corrected chi connectivity index (χ4v) is 2.94. The maximum atomic E-state index is 4.33. The van der Waals surface area contributed by atoms with Crippen LogP contribution in [0, 0.1) is 6.92 Å². The predicted octanol–water partition coefficient (Wildman–Crippen LogP) is 4.96. The number of benzene rings is 2. The first-order valence-corrected chi connectivity index (χ1v) is 10.0. The fraction of sp³-hybridized carbons (Fsp3) is 0.250. The van der Waals surface area contributed by atoms with Crippen LogP contribution in [-0.4, -0.2) is 8.07 Å². The molecule has 0 unspecified atom stereocenters. The molecule has 0 saturated heterocycles. The van der Waals surface area contributed by atoms with Crippen molar-refractivity contribution in [1.82, 2.24) is 0 Å². The van der Waals surface area contributed by atoms with Gasteiger partial charge < -0.3 is 0 Å². The van der Waals surface area contributed by atoms with Gasteiger partial charge in [-0.15, -0.1) is 0 Å². The molecular weight excluding hydrogens is 248 g/mol. The zero-order valence-electron chi connectivity index (χ0n) is 12.0. The van der Waals surface area contributed by atoms with Crippen molar-refractivity contribution >= 4 is 24.6 Å². The minimum absolute atomic E-state index is 0.893. The average molecular weight is 268 g/mol. The molecule has 0 spiro atoms. The Kier molecular flexibility index (Phi) is 3.95. The molecule has 98 valence electrons. The molecule has 0 saturated carbocycles. The lowest BCUT2D eigenvalue weighted by atomic mass is 10.2. The summed E-state index contributed by atoms with van der Waals surface area (Å²) in [6.45, 7) is 9.08. The molecule has 0 fully saturated rings. The number of azo groups is 1. The van der Waals surface area contributed by atoms with Gasteiger partial charge in [-0.05, 0) is 31.2 Å². The van der Waals surface area contributed by atoms with Crippen molar-refractivity contribution in [2.24, 2.45) is 10.2 Å². The maximum absolute atomic E-state index is 4.33. The second-order valence-corrected chi connectivity index (χ2v) is 10.9. The normalized spacial score (nSPS) is 12.0. The summed E-state index contributed by atoms with van der Waals surface area (Å²) < 4.78 is 0.